The molecule has 0 spiro atoms. The number of unbranched alkanes of at least 4 members (excludes halogenated alkanes) is 1. The Balaban J connectivity index is 2.00. The lowest BCUT2D eigenvalue weighted by molar-refractivity contribution is -0.144. The number of rotatable bonds is 8. The van der Waals surface area contributed by atoms with Crippen LogP contribution in [0.3, 0.4) is 0 Å². The minimum atomic E-state index is -1.19. The summed E-state index contributed by atoms with van der Waals surface area (Å²) in [4.78, 5) is 43.0. The van der Waals surface area contributed by atoms with Gasteiger partial charge in [0, 0.05) is 38.0 Å². The highest BCUT2D eigenvalue weighted by Crippen LogP contribution is 2.46. The maximum Gasteiger partial charge on any atom is 0.241 e. The van der Waals surface area contributed by atoms with Crippen LogP contribution in [0.5, 0.6) is 5.75 Å². The Hall–Kier alpha value is -2.37. The number of hydrogen-bond donors (Lipinski definition) is 0. The molecule has 3 amide bonds. The number of methoxy groups -OCH3 is 1. The van der Waals surface area contributed by atoms with Gasteiger partial charge in [-0.3, -0.25) is 19.3 Å². The van der Waals surface area contributed by atoms with Crippen molar-refractivity contribution in [1.29, 1.82) is 0 Å². The molecule has 1 saturated heterocycles. The summed E-state index contributed by atoms with van der Waals surface area (Å²) in [5.74, 6) is 0.0256. The molecule has 6 heteroatoms. The van der Waals surface area contributed by atoms with Crippen LogP contribution in [0.2, 0.25) is 0 Å². The molecule has 1 aromatic rings. The molecule has 1 unspecified atom stereocenters. The summed E-state index contributed by atoms with van der Waals surface area (Å²) in [7, 11) is 3.32. The van der Waals surface area contributed by atoms with Gasteiger partial charge in [-0.1, -0.05) is 44.4 Å². The van der Waals surface area contributed by atoms with E-state index in [4.69, 9.17) is 4.74 Å². The molecule has 1 saturated carbocycles. The standard InChI is InChI=1S/C23H32N2O4/c1-4-5-14-24(2)20(26)15-23(18-12-8-9-13-19(18)29-3)16-21(27)25(22(23)28)17-10-6-7-11-17/h8-9,12-13,17H,4-7,10-11,14-16H2,1-3H3. The minimum absolute atomic E-state index is 0.0125. The number of amides is 3. The van der Waals surface area contributed by atoms with Crippen molar-refractivity contribution < 1.29 is 19.1 Å². The first kappa shape index (κ1) is 21.3. The molecular weight excluding hydrogens is 368 g/mol. The zero-order valence-electron chi connectivity index (χ0n) is 17.8. The van der Waals surface area contributed by atoms with Gasteiger partial charge in [0.1, 0.15) is 5.75 Å². The monoisotopic (exact) mass is 400 g/mol. The molecule has 1 atom stereocenters. The van der Waals surface area contributed by atoms with E-state index >= 15 is 0 Å². The smallest absolute Gasteiger partial charge is 0.241 e. The lowest BCUT2D eigenvalue weighted by Gasteiger charge is -2.31. The highest BCUT2D eigenvalue weighted by Gasteiger charge is 2.56. The SMILES string of the molecule is CCCCN(C)C(=O)CC1(c2ccccc2OC)CC(=O)N(C2CCCC2)C1=O. The molecule has 29 heavy (non-hydrogen) atoms. The van der Waals surface area contributed by atoms with Crippen molar-refractivity contribution in [1.82, 2.24) is 9.80 Å². The van der Waals surface area contributed by atoms with E-state index in [1.807, 2.05) is 18.2 Å². The fraction of sp³-hybridized carbons (Fsp3) is 0.609. The van der Waals surface area contributed by atoms with Gasteiger partial charge in [-0.15, -0.1) is 0 Å². The van der Waals surface area contributed by atoms with Gasteiger partial charge in [0.15, 0.2) is 0 Å². The number of carbonyl (C=O) groups excluding carboxylic acids is 3. The van der Waals surface area contributed by atoms with Crippen molar-refractivity contribution in [2.75, 3.05) is 20.7 Å². The second-order valence-electron chi connectivity index (χ2n) is 8.31. The van der Waals surface area contributed by atoms with Crippen molar-refractivity contribution in [3.8, 4) is 5.75 Å². The quantitative estimate of drug-likeness (QED) is 0.628. The van der Waals surface area contributed by atoms with Gasteiger partial charge >= 0.3 is 0 Å². The van der Waals surface area contributed by atoms with E-state index in [-0.39, 0.29) is 36.6 Å². The van der Waals surface area contributed by atoms with Gasteiger partial charge in [0.25, 0.3) is 0 Å². The summed E-state index contributed by atoms with van der Waals surface area (Å²) in [5, 5.41) is 0. The molecular formula is C23H32N2O4. The first-order chi connectivity index (χ1) is 13.9. The van der Waals surface area contributed by atoms with Gasteiger partial charge in [-0.05, 0) is 25.3 Å². The van der Waals surface area contributed by atoms with Crippen LogP contribution in [0.25, 0.3) is 0 Å². The molecule has 3 rings (SSSR count). The zero-order chi connectivity index (χ0) is 21.0. The Morgan fingerprint density at radius 1 is 1.24 bits per heavy atom. The van der Waals surface area contributed by atoms with Crippen LogP contribution in [-0.2, 0) is 19.8 Å². The minimum Gasteiger partial charge on any atom is -0.496 e. The van der Waals surface area contributed by atoms with Crippen LogP contribution in [0.15, 0.2) is 24.3 Å². The first-order valence-corrected chi connectivity index (χ1v) is 10.7. The number of likely N-dealkylation sites (tertiary alicyclic amines) is 1. The van der Waals surface area contributed by atoms with E-state index in [0.29, 0.717) is 17.9 Å². The second-order valence-corrected chi connectivity index (χ2v) is 8.31. The van der Waals surface area contributed by atoms with E-state index in [1.54, 1.807) is 25.1 Å². The second kappa shape index (κ2) is 8.97. The van der Waals surface area contributed by atoms with E-state index in [2.05, 4.69) is 6.92 Å². The molecule has 1 aliphatic heterocycles. The number of hydrogen-bond acceptors (Lipinski definition) is 4. The number of para-hydroxylation sites is 1. The van der Waals surface area contributed by atoms with E-state index in [0.717, 1.165) is 38.5 Å². The van der Waals surface area contributed by atoms with Crippen LogP contribution in [-0.4, -0.2) is 54.3 Å². The van der Waals surface area contributed by atoms with Gasteiger partial charge in [0.05, 0.1) is 12.5 Å². The largest absolute Gasteiger partial charge is 0.496 e. The van der Waals surface area contributed by atoms with Crippen LogP contribution in [0.4, 0.5) is 0 Å². The molecule has 1 heterocycles. The van der Waals surface area contributed by atoms with Crippen LogP contribution in [0.1, 0.15) is 63.9 Å². The number of imide groups is 1. The van der Waals surface area contributed by atoms with Crippen LogP contribution in [0, 0.1) is 0 Å². The van der Waals surface area contributed by atoms with Crippen LogP contribution >= 0.6 is 0 Å². The third kappa shape index (κ3) is 4.02. The van der Waals surface area contributed by atoms with Crippen molar-refractivity contribution in [2.24, 2.45) is 0 Å². The number of benzene rings is 1. The highest BCUT2D eigenvalue weighted by molar-refractivity contribution is 6.11. The summed E-state index contributed by atoms with van der Waals surface area (Å²) < 4.78 is 5.53. The fourth-order valence-electron chi connectivity index (χ4n) is 4.69. The normalized spacial score (nSPS) is 22.4. The van der Waals surface area contributed by atoms with Crippen LogP contribution < -0.4 is 4.74 Å². The van der Waals surface area contributed by atoms with Crippen molar-refractivity contribution in [2.45, 2.75) is 69.7 Å². The molecule has 158 valence electrons. The number of carbonyl (C=O) groups is 3. The molecule has 6 nitrogen and oxygen atoms in total. The molecule has 0 bridgehead atoms. The molecule has 0 N–H and O–H groups in total. The molecule has 0 aromatic heterocycles. The zero-order valence-corrected chi connectivity index (χ0v) is 17.8. The number of ether oxygens (including phenoxy) is 1. The molecule has 2 fully saturated rings. The molecule has 0 radical (unpaired) electrons. The highest BCUT2D eigenvalue weighted by atomic mass is 16.5. The molecule has 1 aromatic carbocycles. The summed E-state index contributed by atoms with van der Waals surface area (Å²) in [5.41, 5.74) is -0.553. The maximum absolute atomic E-state index is 13.7. The third-order valence-corrected chi connectivity index (χ3v) is 6.39. The average molecular weight is 401 g/mol. The molecule has 2 aliphatic rings. The first-order valence-electron chi connectivity index (χ1n) is 10.7. The van der Waals surface area contributed by atoms with Crippen molar-refractivity contribution in [3.05, 3.63) is 29.8 Å². The Bertz CT molecular complexity index is 772. The van der Waals surface area contributed by atoms with E-state index in [9.17, 15) is 14.4 Å². The Kier molecular flexibility index (Phi) is 6.60. The van der Waals surface area contributed by atoms with Crippen molar-refractivity contribution >= 4 is 17.7 Å². The molecule has 1 aliphatic carbocycles. The van der Waals surface area contributed by atoms with E-state index in [1.165, 1.54) is 4.90 Å². The van der Waals surface area contributed by atoms with Gasteiger partial charge in [-0.2, -0.15) is 0 Å². The topological polar surface area (TPSA) is 66.9 Å². The lowest BCUT2D eigenvalue weighted by Crippen LogP contribution is -2.45. The summed E-state index contributed by atoms with van der Waals surface area (Å²) >= 11 is 0. The van der Waals surface area contributed by atoms with Gasteiger partial charge < -0.3 is 9.64 Å². The maximum atomic E-state index is 13.7. The summed E-state index contributed by atoms with van der Waals surface area (Å²) in [6.45, 7) is 2.72. The Morgan fingerprint density at radius 2 is 1.93 bits per heavy atom. The van der Waals surface area contributed by atoms with Crippen molar-refractivity contribution in [3.63, 3.8) is 0 Å². The Morgan fingerprint density at radius 3 is 2.59 bits per heavy atom. The lowest BCUT2D eigenvalue weighted by atomic mass is 9.75. The third-order valence-electron chi connectivity index (χ3n) is 6.39. The average Bonchev–Trinajstić information content (AvgIpc) is 3.32. The fourth-order valence-corrected chi connectivity index (χ4v) is 4.69. The summed E-state index contributed by atoms with van der Waals surface area (Å²) in [6, 6.07) is 7.24. The Labute approximate surface area is 173 Å². The number of nitrogens with zero attached hydrogens (tertiary/aromatic N) is 2. The van der Waals surface area contributed by atoms with Gasteiger partial charge in [0.2, 0.25) is 17.7 Å². The van der Waals surface area contributed by atoms with E-state index < -0.39 is 5.41 Å². The summed E-state index contributed by atoms with van der Waals surface area (Å²) in [6.07, 6.45) is 5.67. The predicted molar refractivity (Wildman–Crippen MR) is 111 cm³/mol. The predicted octanol–water partition coefficient (Wildman–Crippen LogP) is 3.28. The van der Waals surface area contributed by atoms with Gasteiger partial charge in [-0.25, -0.2) is 0 Å².